The van der Waals surface area contributed by atoms with Gasteiger partial charge in [0.2, 0.25) is 0 Å². The third kappa shape index (κ3) is 4.60. The van der Waals surface area contributed by atoms with E-state index >= 15 is 0 Å². The predicted octanol–water partition coefficient (Wildman–Crippen LogP) is 5.37. The number of esters is 1. The fourth-order valence-electron chi connectivity index (χ4n) is 2.98. The van der Waals surface area contributed by atoms with Gasteiger partial charge in [-0.05, 0) is 13.8 Å². The number of aryl methyl sites for hydroxylation is 2. The molecule has 2 heterocycles. The van der Waals surface area contributed by atoms with Gasteiger partial charge in [-0.25, -0.2) is 4.98 Å². The van der Waals surface area contributed by atoms with E-state index in [0.717, 1.165) is 26.7 Å². The Morgan fingerprint density at radius 1 is 1.03 bits per heavy atom. The molecule has 0 aliphatic heterocycles. The van der Waals surface area contributed by atoms with Gasteiger partial charge in [0.1, 0.15) is 12.3 Å². The van der Waals surface area contributed by atoms with Crippen LogP contribution in [0, 0.1) is 13.8 Å². The monoisotopic (exact) mass is 404 g/mol. The third-order valence-corrected chi connectivity index (χ3v) is 5.40. The molecular formula is C23H20N2O3S. The minimum Gasteiger partial charge on any atom is -0.459 e. The molecule has 0 atom stereocenters. The summed E-state index contributed by atoms with van der Waals surface area (Å²) in [6, 6.07) is 19.6. The van der Waals surface area contributed by atoms with E-state index in [1.54, 1.807) is 6.07 Å². The Hall–Kier alpha value is -3.25. The highest BCUT2D eigenvalue weighted by atomic mass is 32.1. The van der Waals surface area contributed by atoms with E-state index in [9.17, 15) is 4.79 Å². The van der Waals surface area contributed by atoms with Crippen molar-refractivity contribution >= 4 is 17.3 Å². The summed E-state index contributed by atoms with van der Waals surface area (Å²) in [6.45, 7) is 4.06. The Morgan fingerprint density at radius 3 is 2.55 bits per heavy atom. The molecular weight excluding hydrogens is 384 g/mol. The maximum absolute atomic E-state index is 12.4. The maximum atomic E-state index is 12.4. The van der Waals surface area contributed by atoms with Crippen LogP contribution in [0.3, 0.4) is 0 Å². The molecule has 2 aromatic heterocycles. The van der Waals surface area contributed by atoms with E-state index in [-0.39, 0.29) is 19.0 Å². The molecule has 4 rings (SSSR count). The van der Waals surface area contributed by atoms with Gasteiger partial charge in [-0.3, -0.25) is 4.79 Å². The Labute approximate surface area is 173 Å². The number of hydrogen-bond donors (Lipinski definition) is 0. The van der Waals surface area contributed by atoms with Gasteiger partial charge in [-0.15, -0.1) is 11.3 Å². The molecule has 0 radical (unpaired) electrons. The topological polar surface area (TPSA) is 65.2 Å². The van der Waals surface area contributed by atoms with Crippen molar-refractivity contribution < 1.29 is 14.1 Å². The molecule has 4 aromatic rings. The molecule has 0 bridgehead atoms. The normalized spacial score (nSPS) is 10.8. The second-order valence-corrected chi connectivity index (χ2v) is 8.04. The lowest BCUT2D eigenvalue weighted by Gasteiger charge is -2.04. The molecule has 0 saturated carbocycles. The molecule has 0 saturated heterocycles. The van der Waals surface area contributed by atoms with Gasteiger partial charge >= 0.3 is 5.97 Å². The zero-order chi connectivity index (χ0) is 20.2. The van der Waals surface area contributed by atoms with Gasteiger partial charge in [0.25, 0.3) is 0 Å². The van der Waals surface area contributed by atoms with Crippen LogP contribution < -0.4 is 0 Å². The summed E-state index contributed by atoms with van der Waals surface area (Å²) in [6.07, 6.45) is 0.179. The first kappa shape index (κ1) is 19.1. The second kappa shape index (κ2) is 8.41. The molecule has 146 valence electrons. The molecule has 5 nitrogen and oxygen atoms in total. The lowest BCUT2D eigenvalue weighted by molar-refractivity contribution is -0.144. The van der Waals surface area contributed by atoms with Crippen LogP contribution in [0.25, 0.3) is 22.6 Å². The molecule has 2 aromatic carbocycles. The zero-order valence-corrected chi connectivity index (χ0v) is 17.0. The minimum atomic E-state index is -0.314. The quantitative estimate of drug-likeness (QED) is 0.404. The number of benzene rings is 2. The molecule has 6 heteroatoms. The molecule has 0 N–H and O–H groups in total. The van der Waals surface area contributed by atoms with Crippen molar-refractivity contribution in [2.45, 2.75) is 26.9 Å². The summed E-state index contributed by atoms with van der Waals surface area (Å²) < 4.78 is 10.8. The number of thiazole rings is 1. The Bertz CT molecular complexity index is 1110. The van der Waals surface area contributed by atoms with Crippen molar-refractivity contribution in [2.24, 2.45) is 0 Å². The van der Waals surface area contributed by atoms with E-state index in [1.807, 2.05) is 68.4 Å². The lowest BCUT2D eigenvalue weighted by Crippen LogP contribution is -2.08. The molecule has 0 fully saturated rings. The van der Waals surface area contributed by atoms with Crippen molar-refractivity contribution in [1.82, 2.24) is 10.1 Å². The molecule has 29 heavy (non-hydrogen) atoms. The molecule has 0 unspecified atom stereocenters. The standard InChI is InChI=1S/C23H20N2O3S/c1-15-8-10-18(11-9-15)23-21(29-16(2)24-23)13-22(26)27-14-19-12-20(28-25-19)17-6-4-3-5-7-17/h3-12H,13-14H2,1-2H3. The largest absolute Gasteiger partial charge is 0.459 e. The average Bonchev–Trinajstić information content (AvgIpc) is 3.34. The maximum Gasteiger partial charge on any atom is 0.311 e. The number of hydrogen-bond acceptors (Lipinski definition) is 6. The smallest absolute Gasteiger partial charge is 0.311 e. The Balaban J connectivity index is 1.41. The average molecular weight is 404 g/mol. The van der Waals surface area contributed by atoms with E-state index in [2.05, 4.69) is 10.1 Å². The van der Waals surface area contributed by atoms with E-state index in [1.165, 1.54) is 16.9 Å². The van der Waals surface area contributed by atoms with Crippen molar-refractivity contribution in [3.8, 4) is 22.6 Å². The summed E-state index contributed by atoms with van der Waals surface area (Å²) >= 11 is 1.52. The number of nitrogens with zero attached hydrogens (tertiary/aromatic N) is 2. The van der Waals surface area contributed by atoms with Crippen molar-refractivity contribution in [1.29, 1.82) is 0 Å². The van der Waals surface area contributed by atoms with Crippen LogP contribution in [0.4, 0.5) is 0 Å². The van der Waals surface area contributed by atoms with Crippen LogP contribution in [-0.2, 0) is 22.6 Å². The second-order valence-electron chi connectivity index (χ2n) is 6.76. The summed E-state index contributed by atoms with van der Waals surface area (Å²) in [5.41, 5.74) is 4.55. The van der Waals surface area contributed by atoms with Crippen LogP contribution >= 0.6 is 11.3 Å². The summed E-state index contributed by atoms with van der Waals surface area (Å²) in [7, 11) is 0. The van der Waals surface area contributed by atoms with Crippen molar-refractivity contribution in [3.05, 3.63) is 81.8 Å². The third-order valence-electron chi connectivity index (χ3n) is 4.43. The highest BCUT2D eigenvalue weighted by molar-refractivity contribution is 7.12. The highest BCUT2D eigenvalue weighted by Crippen LogP contribution is 2.29. The van der Waals surface area contributed by atoms with Gasteiger partial charge in [-0.1, -0.05) is 65.3 Å². The summed E-state index contributed by atoms with van der Waals surface area (Å²) in [4.78, 5) is 17.9. The number of carbonyl (C=O) groups excluding carboxylic acids is 1. The Kier molecular flexibility index (Phi) is 5.53. The number of ether oxygens (including phenoxy) is 1. The molecule has 0 spiro atoms. The van der Waals surface area contributed by atoms with Gasteiger partial charge < -0.3 is 9.26 Å². The Morgan fingerprint density at radius 2 is 1.79 bits per heavy atom. The van der Waals surface area contributed by atoms with Crippen LogP contribution in [0.15, 0.2) is 65.2 Å². The van der Waals surface area contributed by atoms with Crippen LogP contribution in [0.1, 0.15) is 21.1 Å². The van der Waals surface area contributed by atoms with Gasteiger partial charge in [-0.2, -0.15) is 0 Å². The first-order valence-corrected chi connectivity index (χ1v) is 10.1. The number of carbonyl (C=O) groups is 1. The predicted molar refractivity (Wildman–Crippen MR) is 112 cm³/mol. The SMILES string of the molecule is Cc1ccc(-c2nc(C)sc2CC(=O)OCc2cc(-c3ccccc3)on2)cc1. The molecule has 0 aliphatic rings. The van der Waals surface area contributed by atoms with E-state index in [4.69, 9.17) is 9.26 Å². The highest BCUT2D eigenvalue weighted by Gasteiger charge is 2.16. The fourth-order valence-corrected chi connectivity index (χ4v) is 3.92. The van der Waals surface area contributed by atoms with Crippen LogP contribution in [-0.4, -0.2) is 16.1 Å². The van der Waals surface area contributed by atoms with E-state index in [0.29, 0.717) is 11.5 Å². The van der Waals surface area contributed by atoms with Gasteiger partial charge in [0, 0.05) is 22.1 Å². The fraction of sp³-hybridized carbons (Fsp3) is 0.174. The first-order chi connectivity index (χ1) is 14.1. The minimum absolute atomic E-state index is 0.0762. The van der Waals surface area contributed by atoms with E-state index < -0.39 is 0 Å². The van der Waals surface area contributed by atoms with Crippen LogP contribution in [0.2, 0.25) is 0 Å². The summed E-state index contributed by atoms with van der Waals surface area (Å²) in [5.74, 6) is 0.336. The van der Waals surface area contributed by atoms with Crippen molar-refractivity contribution in [2.75, 3.05) is 0 Å². The number of aromatic nitrogens is 2. The lowest BCUT2D eigenvalue weighted by atomic mass is 10.1. The summed E-state index contributed by atoms with van der Waals surface area (Å²) in [5, 5.41) is 4.91. The molecule has 0 aliphatic carbocycles. The van der Waals surface area contributed by atoms with Gasteiger partial charge in [0.05, 0.1) is 17.1 Å². The van der Waals surface area contributed by atoms with Gasteiger partial charge in [0.15, 0.2) is 5.76 Å². The number of rotatable bonds is 6. The molecule has 0 amide bonds. The van der Waals surface area contributed by atoms with Crippen LogP contribution in [0.5, 0.6) is 0 Å². The van der Waals surface area contributed by atoms with Crippen molar-refractivity contribution in [3.63, 3.8) is 0 Å². The zero-order valence-electron chi connectivity index (χ0n) is 16.2. The first-order valence-electron chi connectivity index (χ1n) is 9.28.